The molecule has 1 aliphatic heterocycles. The van der Waals surface area contributed by atoms with Gasteiger partial charge in [-0.15, -0.1) is 0 Å². The second-order valence-corrected chi connectivity index (χ2v) is 9.34. The number of nitrogens with zero attached hydrogens (tertiary/aromatic N) is 2. The molecule has 232 valence electrons. The standard InChI is InChI=1S/C26H25F9N2O5/c1-3-42-23(40)36-7-6-15(19-12-16(24(27,28)29)4-5-20(19)36)10-21(38)37(22(39)41-2)13-14-8-17(25(30,31)32)11-18(9-14)26(33,34)35/h4-5,8-9,11-12,15,21,38H,3,6-7,10,13H2,1-2H3. The number of carbonyl (C=O) groups is 2. The Morgan fingerprint density at radius 2 is 1.52 bits per heavy atom. The molecule has 0 bridgehead atoms. The smallest absolute Gasteiger partial charge is 0.416 e. The molecule has 0 spiro atoms. The van der Waals surface area contributed by atoms with Gasteiger partial charge >= 0.3 is 30.7 Å². The molecule has 1 N–H and O–H groups in total. The van der Waals surface area contributed by atoms with Crippen LogP contribution in [0.2, 0.25) is 0 Å². The van der Waals surface area contributed by atoms with Crippen LogP contribution in [-0.4, -0.2) is 48.7 Å². The number of carbonyl (C=O) groups excluding carboxylic acids is 2. The molecule has 1 heterocycles. The Kier molecular flexibility index (Phi) is 9.59. The van der Waals surface area contributed by atoms with Crippen molar-refractivity contribution < 1.29 is 63.7 Å². The summed E-state index contributed by atoms with van der Waals surface area (Å²) in [6.07, 6.45) is -19.7. The first-order valence-corrected chi connectivity index (χ1v) is 12.3. The van der Waals surface area contributed by atoms with Gasteiger partial charge in [0.1, 0.15) is 6.23 Å². The van der Waals surface area contributed by atoms with Crippen molar-refractivity contribution in [3.63, 3.8) is 0 Å². The molecular formula is C26H25F9N2O5. The van der Waals surface area contributed by atoms with Gasteiger partial charge in [-0.05, 0) is 73.2 Å². The van der Waals surface area contributed by atoms with Gasteiger partial charge in [-0.1, -0.05) is 0 Å². The molecule has 7 nitrogen and oxygen atoms in total. The molecule has 0 radical (unpaired) electrons. The van der Waals surface area contributed by atoms with Crippen molar-refractivity contribution >= 4 is 17.9 Å². The highest BCUT2D eigenvalue weighted by Crippen LogP contribution is 2.42. The molecule has 2 aromatic rings. The maximum Gasteiger partial charge on any atom is 0.416 e. The maximum atomic E-state index is 13.5. The SMILES string of the molecule is CCOC(=O)N1CCC(CC(O)N(Cc2cc(C(F)(F)F)cc(C(F)(F)F)c2)C(=O)OC)c2cc(C(F)(F)F)ccc21. The number of alkyl halides is 9. The van der Waals surface area contributed by atoms with Gasteiger partial charge in [-0.2, -0.15) is 39.5 Å². The van der Waals surface area contributed by atoms with Crippen LogP contribution < -0.4 is 4.90 Å². The molecule has 0 saturated carbocycles. The van der Waals surface area contributed by atoms with Crippen LogP contribution >= 0.6 is 0 Å². The van der Waals surface area contributed by atoms with E-state index in [4.69, 9.17) is 4.74 Å². The lowest BCUT2D eigenvalue weighted by Gasteiger charge is -2.36. The molecule has 2 amide bonds. The van der Waals surface area contributed by atoms with Gasteiger partial charge in [-0.25, -0.2) is 9.59 Å². The Balaban J connectivity index is 1.99. The van der Waals surface area contributed by atoms with E-state index in [2.05, 4.69) is 4.74 Å². The zero-order valence-corrected chi connectivity index (χ0v) is 22.0. The summed E-state index contributed by atoms with van der Waals surface area (Å²) in [7, 11) is 0.859. The Labute approximate surface area is 233 Å². The van der Waals surface area contributed by atoms with E-state index >= 15 is 0 Å². The fourth-order valence-electron chi connectivity index (χ4n) is 4.60. The van der Waals surface area contributed by atoms with Crippen LogP contribution in [0, 0.1) is 0 Å². The fraction of sp³-hybridized carbons (Fsp3) is 0.462. The molecule has 1 aliphatic rings. The van der Waals surface area contributed by atoms with Crippen LogP contribution in [0.1, 0.15) is 53.5 Å². The lowest BCUT2D eigenvalue weighted by atomic mass is 9.85. The van der Waals surface area contributed by atoms with Gasteiger partial charge in [0.05, 0.1) is 42.6 Å². The number of halogens is 9. The van der Waals surface area contributed by atoms with E-state index in [1.807, 2.05) is 0 Å². The van der Waals surface area contributed by atoms with Gasteiger partial charge in [0, 0.05) is 6.54 Å². The molecule has 0 aliphatic carbocycles. The summed E-state index contributed by atoms with van der Waals surface area (Å²) in [6, 6.07) is 3.21. The summed E-state index contributed by atoms with van der Waals surface area (Å²) in [5.74, 6) is -0.928. The molecule has 3 rings (SSSR count). The largest absolute Gasteiger partial charge is 0.453 e. The molecule has 0 saturated heterocycles. The third-order valence-corrected chi connectivity index (χ3v) is 6.54. The van der Waals surface area contributed by atoms with Crippen molar-refractivity contribution in [3.8, 4) is 0 Å². The van der Waals surface area contributed by atoms with Crippen molar-refractivity contribution in [2.75, 3.05) is 25.2 Å². The average molecular weight is 616 g/mol. The number of aliphatic hydroxyl groups is 1. The molecule has 42 heavy (non-hydrogen) atoms. The van der Waals surface area contributed by atoms with Gasteiger partial charge in [0.15, 0.2) is 0 Å². The lowest BCUT2D eigenvalue weighted by molar-refractivity contribution is -0.143. The zero-order valence-electron chi connectivity index (χ0n) is 22.0. The molecule has 0 aromatic heterocycles. The number of ether oxygens (including phenoxy) is 2. The van der Waals surface area contributed by atoms with E-state index in [1.54, 1.807) is 0 Å². The second-order valence-electron chi connectivity index (χ2n) is 9.34. The highest BCUT2D eigenvalue weighted by molar-refractivity contribution is 5.89. The Morgan fingerprint density at radius 3 is 2.02 bits per heavy atom. The topological polar surface area (TPSA) is 79.3 Å². The van der Waals surface area contributed by atoms with Gasteiger partial charge in [0.2, 0.25) is 0 Å². The molecule has 2 unspecified atom stereocenters. The van der Waals surface area contributed by atoms with E-state index in [0.717, 1.165) is 30.2 Å². The van der Waals surface area contributed by atoms with E-state index in [9.17, 15) is 54.2 Å². The minimum absolute atomic E-state index is 0.0207. The van der Waals surface area contributed by atoms with Crippen molar-refractivity contribution in [2.24, 2.45) is 0 Å². The molecule has 0 fully saturated rings. The summed E-state index contributed by atoms with van der Waals surface area (Å²) in [5.41, 5.74) is -5.00. The summed E-state index contributed by atoms with van der Waals surface area (Å²) < 4.78 is 130. The molecule has 2 aromatic carbocycles. The summed E-state index contributed by atoms with van der Waals surface area (Å²) >= 11 is 0. The number of hydrogen-bond acceptors (Lipinski definition) is 5. The second kappa shape index (κ2) is 12.3. The van der Waals surface area contributed by atoms with E-state index in [-0.39, 0.29) is 36.9 Å². The van der Waals surface area contributed by atoms with Gasteiger partial charge in [-0.3, -0.25) is 9.80 Å². The predicted molar refractivity (Wildman–Crippen MR) is 128 cm³/mol. The fourth-order valence-corrected chi connectivity index (χ4v) is 4.60. The normalized spacial score (nSPS) is 16.5. The maximum absolute atomic E-state index is 13.5. The van der Waals surface area contributed by atoms with E-state index in [1.165, 1.54) is 6.92 Å². The quantitative estimate of drug-likeness (QED) is 0.275. The first-order valence-electron chi connectivity index (χ1n) is 12.3. The third kappa shape index (κ3) is 7.57. The number of fused-ring (bicyclic) bond motifs is 1. The van der Waals surface area contributed by atoms with E-state index < -0.39 is 78.1 Å². The van der Waals surface area contributed by atoms with E-state index in [0.29, 0.717) is 17.0 Å². The number of rotatable bonds is 6. The van der Waals surface area contributed by atoms with Crippen LogP contribution in [-0.2, 0) is 34.5 Å². The summed E-state index contributed by atoms with van der Waals surface area (Å²) in [4.78, 5) is 26.5. The average Bonchev–Trinajstić information content (AvgIpc) is 2.89. The van der Waals surface area contributed by atoms with Crippen LogP contribution in [0.4, 0.5) is 54.8 Å². The first kappa shape index (κ1) is 32.8. The number of anilines is 1. The van der Waals surface area contributed by atoms with Gasteiger partial charge < -0.3 is 14.6 Å². The first-order chi connectivity index (χ1) is 19.4. The Bertz CT molecular complexity index is 1260. The summed E-state index contributed by atoms with van der Waals surface area (Å²) in [6.45, 7) is 0.485. The highest BCUT2D eigenvalue weighted by atomic mass is 19.4. The van der Waals surface area contributed by atoms with Gasteiger partial charge in [0.25, 0.3) is 0 Å². The van der Waals surface area contributed by atoms with Crippen molar-refractivity contribution in [2.45, 2.75) is 57.0 Å². The Hall–Kier alpha value is -3.69. The van der Waals surface area contributed by atoms with Crippen LogP contribution in [0.3, 0.4) is 0 Å². The van der Waals surface area contributed by atoms with Crippen LogP contribution in [0.5, 0.6) is 0 Å². The Morgan fingerprint density at radius 1 is 0.952 bits per heavy atom. The van der Waals surface area contributed by atoms with Crippen LogP contribution in [0.25, 0.3) is 0 Å². The van der Waals surface area contributed by atoms with Crippen LogP contribution in [0.15, 0.2) is 36.4 Å². The monoisotopic (exact) mass is 616 g/mol. The number of methoxy groups -OCH3 is 1. The molecule has 2 atom stereocenters. The highest BCUT2D eigenvalue weighted by Gasteiger charge is 2.39. The summed E-state index contributed by atoms with van der Waals surface area (Å²) in [5, 5.41) is 10.9. The lowest BCUT2D eigenvalue weighted by Crippen LogP contribution is -2.42. The number of amides is 2. The van der Waals surface area contributed by atoms with Crippen molar-refractivity contribution in [1.82, 2.24) is 4.90 Å². The van der Waals surface area contributed by atoms with Crippen molar-refractivity contribution in [3.05, 3.63) is 64.2 Å². The molecule has 16 heteroatoms. The number of aliphatic hydroxyl groups excluding tert-OH is 1. The minimum atomic E-state index is -5.17. The zero-order chi connectivity index (χ0) is 31.6. The third-order valence-electron chi connectivity index (χ3n) is 6.54. The molecular weight excluding hydrogens is 591 g/mol. The van der Waals surface area contributed by atoms with Crippen molar-refractivity contribution in [1.29, 1.82) is 0 Å². The number of hydrogen-bond donors (Lipinski definition) is 1. The number of benzene rings is 2. The predicted octanol–water partition coefficient (Wildman–Crippen LogP) is 7.17. The minimum Gasteiger partial charge on any atom is -0.453 e.